The third-order valence-corrected chi connectivity index (χ3v) is 4.87. The maximum absolute atomic E-state index is 6.48. The Hall–Kier alpha value is -1.12. The van der Waals surface area contributed by atoms with E-state index >= 15 is 0 Å². The molecule has 1 nitrogen and oxygen atoms in total. The van der Waals surface area contributed by atoms with E-state index in [9.17, 15) is 0 Å². The fourth-order valence-electron chi connectivity index (χ4n) is 2.51. The average Bonchev–Trinajstić information content (AvgIpc) is 2.41. The maximum atomic E-state index is 6.48. The number of benzene rings is 2. The molecule has 0 saturated heterocycles. The third kappa shape index (κ3) is 3.56. The van der Waals surface area contributed by atoms with E-state index in [4.69, 9.17) is 5.73 Å². The molecule has 2 aromatic rings. The Morgan fingerprint density at radius 3 is 2.05 bits per heavy atom. The molecule has 2 N–H and O–H groups in total. The van der Waals surface area contributed by atoms with Crippen molar-refractivity contribution in [3.05, 3.63) is 68.7 Å². The number of hydrogen-bond donors (Lipinski definition) is 1. The van der Waals surface area contributed by atoms with Crippen LogP contribution in [0, 0.1) is 13.8 Å². The summed E-state index contributed by atoms with van der Waals surface area (Å²) in [7, 11) is 0. The first kappa shape index (κ1) is 16.3. The molecule has 2 aromatic carbocycles. The van der Waals surface area contributed by atoms with Crippen LogP contribution in [0.5, 0.6) is 0 Å². The zero-order valence-corrected chi connectivity index (χ0v) is 15.1. The van der Waals surface area contributed by atoms with Crippen LogP contribution in [0.1, 0.15) is 54.6 Å². The highest BCUT2D eigenvalue weighted by atomic mass is 79.9. The van der Waals surface area contributed by atoms with Gasteiger partial charge in [0.15, 0.2) is 0 Å². The molecule has 2 rings (SSSR count). The van der Waals surface area contributed by atoms with E-state index in [1.165, 1.54) is 22.3 Å². The lowest BCUT2D eigenvalue weighted by Crippen LogP contribution is -2.15. The highest BCUT2D eigenvalue weighted by Crippen LogP contribution is 2.29. The zero-order valence-electron chi connectivity index (χ0n) is 13.5. The standard InChI is InChI=1S/C19H24BrN/c1-12-11-17(20)13(2)10-16(12)18(21)14-6-8-15(9-7-14)19(3,4)5/h6-11,18H,21H2,1-5H3. The third-order valence-electron chi connectivity index (χ3n) is 4.02. The summed E-state index contributed by atoms with van der Waals surface area (Å²) in [5, 5.41) is 0. The first-order valence-corrected chi connectivity index (χ1v) is 8.12. The minimum atomic E-state index is -0.0779. The van der Waals surface area contributed by atoms with Crippen LogP contribution < -0.4 is 5.73 Å². The predicted octanol–water partition coefficient (Wildman–Crippen LogP) is 5.41. The van der Waals surface area contributed by atoms with Crippen LogP contribution in [0.3, 0.4) is 0 Å². The Labute approximate surface area is 136 Å². The van der Waals surface area contributed by atoms with Gasteiger partial charge in [-0.2, -0.15) is 0 Å². The average molecular weight is 346 g/mol. The summed E-state index contributed by atoms with van der Waals surface area (Å²) >= 11 is 3.58. The molecule has 0 aliphatic rings. The molecule has 0 aliphatic carbocycles. The van der Waals surface area contributed by atoms with Crippen molar-refractivity contribution in [2.45, 2.75) is 46.1 Å². The summed E-state index contributed by atoms with van der Waals surface area (Å²) in [6.07, 6.45) is 0. The molecule has 1 unspecified atom stereocenters. The Bertz CT molecular complexity index is 636. The van der Waals surface area contributed by atoms with Gasteiger partial charge in [0, 0.05) is 4.47 Å². The van der Waals surface area contributed by atoms with Gasteiger partial charge in [0.1, 0.15) is 0 Å². The number of aryl methyl sites for hydroxylation is 2. The molecule has 0 radical (unpaired) electrons. The van der Waals surface area contributed by atoms with Gasteiger partial charge in [-0.3, -0.25) is 0 Å². The lowest BCUT2D eigenvalue weighted by Gasteiger charge is -2.21. The summed E-state index contributed by atoms with van der Waals surface area (Å²) in [6, 6.07) is 12.9. The van der Waals surface area contributed by atoms with Gasteiger partial charge in [-0.1, -0.05) is 67.0 Å². The van der Waals surface area contributed by atoms with Crippen molar-refractivity contribution in [1.82, 2.24) is 0 Å². The number of nitrogens with two attached hydrogens (primary N) is 1. The smallest absolute Gasteiger partial charge is 0.0554 e. The van der Waals surface area contributed by atoms with E-state index in [-0.39, 0.29) is 11.5 Å². The molecule has 0 fully saturated rings. The van der Waals surface area contributed by atoms with Gasteiger partial charge in [-0.25, -0.2) is 0 Å². The van der Waals surface area contributed by atoms with Crippen molar-refractivity contribution in [2.24, 2.45) is 5.73 Å². The largest absolute Gasteiger partial charge is 0.320 e. The first-order valence-electron chi connectivity index (χ1n) is 7.33. The lowest BCUT2D eigenvalue weighted by molar-refractivity contribution is 0.589. The second-order valence-electron chi connectivity index (χ2n) is 6.81. The van der Waals surface area contributed by atoms with Crippen LogP contribution in [0.25, 0.3) is 0 Å². The number of rotatable bonds is 2. The zero-order chi connectivity index (χ0) is 15.8. The van der Waals surface area contributed by atoms with Crippen molar-refractivity contribution in [3.8, 4) is 0 Å². The van der Waals surface area contributed by atoms with Gasteiger partial charge in [-0.15, -0.1) is 0 Å². The Morgan fingerprint density at radius 1 is 0.952 bits per heavy atom. The van der Waals surface area contributed by atoms with Crippen LogP contribution in [0.4, 0.5) is 0 Å². The van der Waals surface area contributed by atoms with Crippen LogP contribution in [0.2, 0.25) is 0 Å². The summed E-state index contributed by atoms with van der Waals surface area (Å²) < 4.78 is 1.14. The topological polar surface area (TPSA) is 26.0 Å². The fraction of sp³-hybridized carbons (Fsp3) is 0.368. The molecule has 21 heavy (non-hydrogen) atoms. The highest BCUT2D eigenvalue weighted by molar-refractivity contribution is 9.10. The lowest BCUT2D eigenvalue weighted by atomic mass is 9.85. The van der Waals surface area contributed by atoms with E-state index < -0.39 is 0 Å². The maximum Gasteiger partial charge on any atom is 0.0554 e. The quantitative estimate of drug-likeness (QED) is 0.773. The number of halogens is 1. The predicted molar refractivity (Wildman–Crippen MR) is 94.8 cm³/mol. The SMILES string of the molecule is Cc1cc(C(N)c2ccc(C(C)(C)C)cc2)c(C)cc1Br. The molecule has 0 heterocycles. The van der Waals surface area contributed by atoms with Crippen molar-refractivity contribution in [3.63, 3.8) is 0 Å². The first-order chi connectivity index (χ1) is 9.70. The molecular weight excluding hydrogens is 322 g/mol. The fourth-order valence-corrected chi connectivity index (χ4v) is 2.97. The normalized spacial score (nSPS) is 13.3. The second-order valence-corrected chi connectivity index (χ2v) is 7.66. The van der Waals surface area contributed by atoms with E-state index in [0.29, 0.717) is 0 Å². The van der Waals surface area contributed by atoms with Crippen LogP contribution >= 0.6 is 15.9 Å². The highest BCUT2D eigenvalue weighted by Gasteiger charge is 2.16. The van der Waals surface area contributed by atoms with Crippen LogP contribution in [-0.2, 0) is 5.41 Å². The van der Waals surface area contributed by atoms with E-state index in [2.05, 4.69) is 86.9 Å². The Morgan fingerprint density at radius 2 is 1.52 bits per heavy atom. The van der Waals surface area contributed by atoms with E-state index in [1.54, 1.807) is 0 Å². The second kappa shape index (κ2) is 5.94. The van der Waals surface area contributed by atoms with Crippen molar-refractivity contribution in [2.75, 3.05) is 0 Å². The molecular formula is C19H24BrN. The molecule has 0 aliphatic heterocycles. The summed E-state index contributed by atoms with van der Waals surface area (Å²) in [5.41, 5.74) is 12.8. The van der Waals surface area contributed by atoms with Gasteiger partial charge in [0.05, 0.1) is 6.04 Å². The molecule has 1 atom stereocenters. The summed E-state index contributed by atoms with van der Waals surface area (Å²) in [6.45, 7) is 10.9. The van der Waals surface area contributed by atoms with Crippen molar-refractivity contribution < 1.29 is 0 Å². The Kier molecular flexibility index (Phi) is 4.60. The molecule has 0 bridgehead atoms. The van der Waals surface area contributed by atoms with Gasteiger partial charge in [-0.05, 0) is 53.1 Å². The van der Waals surface area contributed by atoms with E-state index in [1.807, 2.05) is 0 Å². The van der Waals surface area contributed by atoms with Crippen LogP contribution in [0.15, 0.2) is 40.9 Å². The molecule has 0 saturated carbocycles. The molecule has 0 spiro atoms. The van der Waals surface area contributed by atoms with Crippen molar-refractivity contribution in [1.29, 1.82) is 0 Å². The molecule has 0 amide bonds. The van der Waals surface area contributed by atoms with Crippen molar-refractivity contribution >= 4 is 15.9 Å². The van der Waals surface area contributed by atoms with Gasteiger partial charge < -0.3 is 5.73 Å². The number of hydrogen-bond acceptors (Lipinski definition) is 1. The van der Waals surface area contributed by atoms with Gasteiger partial charge >= 0.3 is 0 Å². The van der Waals surface area contributed by atoms with Gasteiger partial charge in [0.2, 0.25) is 0 Å². The minimum absolute atomic E-state index is 0.0779. The molecule has 2 heteroatoms. The summed E-state index contributed by atoms with van der Waals surface area (Å²) in [5.74, 6) is 0. The molecule has 0 aromatic heterocycles. The summed E-state index contributed by atoms with van der Waals surface area (Å²) in [4.78, 5) is 0. The van der Waals surface area contributed by atoms with Gasteiger partial charge in [0.25, 0.3) is 0 Å². The van der Waals surface area contributed by atoms with E-state index in [0.717, 1.165) is 10.0 Å². The minimum Gasteiger partial charge on any atom is -0.320 e. The van der Waals surface area contributed by atoms with Crippen LogP contribution in [-0.4, -0.2) is 0 Å². The molecule has 112 valence electrons. The Balaban J connectivity index is 2.36. The monoisotopic (exact) mass is 345 g/mol.